The van der Waals surface area contributed by atoms with Crippen LogP contribution in [0, 0.1) is 6.92 Å². The van der Waals surface area contributed by atoms with E-state index in [9.17, 15) is 4.79 Å². The molecule has 0 aliphatic carbocycles. The Morgan fingerprint density at radius 2 is 2.29 bits per heavy atom. The largest absolute Gasteiger partial charge is 0.444 e. The summed E-state index contributed by atoms with van der Waals surface area (Å²) in [7, 11) is 0. The number of furan rings is 1. The summed E-state index contributed by atoms with van der Waals surface area (Å²) < 4.78 is 5.63. The van der Waals surface area contributed by atoms with Crippen LogP contribution in [0.4, 0.5) is 5.69 Å². The SMILES string of the molecule is Cc1cnc(Cl)c(NC(=O)c2ccc(Br)o2)c1. The van der Waals surface area contributed by atoms with Gasteiger partial charge in [-0.3, -0.25) is 4.79 Å². The number of amides is 1. The van der Waals surface area contributed by atoms with Crippen LogP contribution >= 0.6 is 27.5 Å². The zero-order valence-corrected chi connectivity index (χ0v) is 11.2. The van der Waals surface area contributed by atoms with Gasteiger partial charge in [0.1, 0.15) is 0 Å². The molecule has 6 heteroatoms. The molecule has 0 bridgehead atoms. The minimum Gasteiger partial charge on any atom is -0.444 e. The number of rotatable bonds is 2. The van der Waals surface area contributed by atoms with Crippen LogP contribution in [0.15, 0.2) is 33.5 Å². The molecule has 1 N–H and O–H groups in total. The number of nitrogens with zero attached hydrogens (tertiary/aromatic N) is 1. The lowest BCUT2D eigenvalue weighted by Crippen LogP contribution is -2.11. The highest BCUT2D eigenvalue weighted by molar-refractivity contribution is 9.10. The number of hydrogen-bond acceptors (Lipinski definition) is 3. The molecular weight excluding hydrogens is 307 g/mol. The molecule has 0 aliphatic heterocycles. The van der Waals surface area contributed by atoms with Crippen LogP contribution in [0.3, 0.4) is 0 Å². The molecule has 2 aromatic heterocycles. The summed E-state index contributed by atoms with van der Waals surface area (Å²) in [6.45, 7) is 1.86. The highest BCUT2D eigenvalue weighted by Gasteiger charge is 2.12. The van der Waals surface area contributed by atoms with E-state index in [2.05, 4.69) is 26.2 Å². The number of carbonyl (C=O) groups is 1. The van der Waals surface area contributed by atoms with Crippen molar-refractivity contribution in [3.8, 4) is 0 Å². The van der Waals surface area contributed by atoms with Gasteiger partial charge < -0.3 is 9.73 Å². The van der Waals surface area contributed by atoms with E-state index in [0.717, 1.165) is 5.56 Å². The topological polar surface area (TPSA) is 55.1 Å². The van der Waals surface area contributed by atoms with E-state index in [0.29, 0.717) is 10.4 Å². The van der Waals surface area contributed by atoms with Crippen molar-refractivity contribution in [1.82, 2.24) is 4.98 Å². The van der Waals surface area contributed by atoms with Gasteiger partial charge >= 0.3 is 0 Å². The summed E-state index contributed by atoms with van der Waals surface area (Å²) in [5.74, 6) is -0.167. The maximum atomic E-state index is 11.8. The predicted molar refractivity (Wildman–Crippen MR) is 68.3 cm³/mol. The predicted octanol–water partition coefficient (Wildman–Crippen LogP) is 3.65. The van der Waals surface area contributed by atoms with Gasteiger partial charge in [0.05, 0.1) is 5.69 Å². The quantitative estimate of drug-likeness (QED) is 0.861. The molecule has 0 atom stereocenters. The first-order chi connectivity index (χ1) is 8.06. The van der Waals surface area contributed by atoms with Crippen molar-refractivity contribution in [2.24, 2.45) is 0 Å². The Labute approximate surface area is 111 Å². The van der Waals surface area contributed by atoms with Gasteiger partial charge in [0.2, 0.25) is 0 Å². The van der Waals surface area contributed by atoms with Crippen molar-refractivity contribution in [3.63, 3.8) is 0 Å². The van der Waals surface area contributed by atoms with Crippen LogP contribution in [-0.4, -0.2) is 10.9 Å². The van der Waals surface area contributed by atoms with Gasteiger partial charge in [-0.1, -0.05) is 11.6 Å². The molecular formula is C11H8BrClN2O2. The molecule has 0 spiro atoms. The Hall–Kier alpha value is -1.33. The van der Waals surface area contributed by atoms with Gasteiger partial charge in [0, 0.05) is 6.20 Å². The standard InChI is InChI=1S/C11H8BrClN2O2/c1-6-4-7(10(13)14-5-6)15-11(16)8-2-3-9(12)17-8/h2-5H,1H3,(H,15,16). The summed E-state index contributed by atoms with van der Waals surface area (Å²) >= 11 is 8.99. The van der Waals surface area contributed by atoms with E-state index in [4.69, 9.17) is 16.0 Å². The number of aryl methyl sites for hydroxylation is 1. The molecule has 0 aromatic carbocycles. The van der Waals surface area contributed by atoms with Crippen molar-refractivity contribution in [2.45, 2.75) is 6.92 Å². The average Bonchev–Trinajstić information content (AvgIpc) is 2.70. The van der Waals surface area contributed by atoms with Crippen molar-refractivity contribution in [1.29, 1.82) is 0 Å². The van der Waals surface area contributed by atoms with E-state index in [1.807, 2.05) is 6.92 Å². The molecule has 0 saturated carbocycles. The second-order valence-corrected chi connectivity index (χ2v) is 4.55. The smallest absolute Gasteiger partial charge is 0.291 e. The van der Waals surface area contributed by atoms with E-state index in [1.165, 1.54) is 0 Å². The molecule has 0 unspecified atom stereocenters. The maximum Gasteiger partial charge on any atom is 0.291 e. The second kappa shape index (κ2) is 4.89. The molecule has 88 valence electrons. The van der Waals surface area contributed by atoms with Gasteiger partial charge in [0.25, 0.3) is 5.91 Å². The van der Waals surface area contributed by atoms with Gasteiger partial charge in [-0.15, -0.1) is 0 Å². The van der Waals surface area contributed by atoms with E-state index >= 15 is 0 Å². The third kappa shape index (κ3) is 2.87. The lowest BCUT2D eigenvalue weighted by molar-refractivity contribution is 0.0995. The Bertz CT molecular complexity index is 568. The van der Waals surface area contributed by atoms with Crippen LogP contribution in [0.5, 0.6) is 0 Å². The zero-order valence-electron chi connectivity index (χ0n) is 8.83. The molecule has 2 heterocycles. The van der Waals surface area contributed by atoms with E-state index in [-0.39, 0.29) is 16.8 Å². The Morgan fingerprint density at radius 1 is 1.53 bits per heavy atom. The normalized spacial score (nSPS) is 10.3. The Kier molecular flexibility index (Phi) is 3.49. The number of carbonyl (C=O) groups excluding carboxylic acids is 1. The second-order valence-electron chi connectivity index (χ2n) is 3.41. The monoisotopic (exact) mass is 314 g/mol. The minimum atomic E-state index is -0.370. The van der Waals surface area contributed by atoms with Crippen molar-refractivity contribution >= 4 is 39.1 Å². The highest BCUT2D eigenvalue weighted by Crippen LogP contribution is 2.21. The van der Waals surface area contributed by atoms with Gasteiger partial charge in [-0.25, -0.2) is 4.98 Å². The summed E-state index contributed by atoms with van der Waals surface area (Å²) in [5, 5.41) is 2.88. The van der Waals surface area contributed by atoms with Crippen LogP contribution in [0.1, 0.15) is 16.1 Å². The highest BCUT2D eigenvalue weighted by atomic mass is 79.9. The summed E-state index contributed by atoms with van der Waals surface area (Å²) in [6.07, 6.45) is 1.63. The number of nitrogens with one attached hydrogen (secondary N) is 1. The third-order valence-corrected chi connectivity index (χ3v) is 2.75. The van der Waals surface area contributed by atoms with E-state index < -0.39 is 0 Å². The first kappa shape index (κ1) is 12.1. The number of hydrogen-bond donors (Lipinski definition) is 1. The van der Waals surface area contributed by atoms with Gasteiger partial charge in [-0.05, 0) is 46.6 Å². The summed E-state index contributed by atoms with van der Waals surface area (Å²) in [5.41, 5.74) is 1.37. The van der Waals surface area contributed by atoms with Crippen LogP contribution in [-0.2, 0) is 0 Å². The molecule has 2 rings (SSSR count). The third-order valence-electron chi connectivity index (χ3n) is 2.02. The Balaban J connectivity index is 2.21. The first-order valence-corrected chi connectivity index (χ1v) is 5.92. The minimum absolute atomic E-state index is 0.203. The molecule has 17 heavy (non-hydrogen) atoms. The molecule has 1 amide bonds. The van der Waals surface area contributed by atoms with Crippen LogP contribution in [0.2, 0.25) is 5.15 Å². The molecule has 0 radical (unpaired) electrons. The molecule has 4 nitrogen and oxygen atoms in total. The van der Waals surface area contributed by atoms with Gasteiger partial charge in [-0.2, -0.15) is 0 Å². The zero-order chi connectivity index (χ0) is 12.4. The lowest BCUT2D eigenvalue weighted by atomic mass is 10.3. The summed E-state index contributed by atoms with van der Waals surface area (Å²) in [4.78, 5) is 15.7. The fourth-order valence-electron chi connectivity index (χ4n) is 1.26. The lowest BCUT2D eigenvalue weighted by Gasteiger charge is -2.05. The summed E-state index contributed by atoms with van der Waals surface area (Å²) in [6, 6.07) is 4.95. The van der Waals surface area contributed by atoms with Crippen molar-refractivity contribution < 1.29 is 9.21 Å². The molecule has 0 saturated heterocycles. The van der Waals surface area contributed by atoms with Crippen LogP contribution < -0.4 is 5.32 Å². The molecule has 0 aliphatic rings. The van der Waals surface area contributed by atoms with Crippen LogP contribution in [0.25, 0.3) is 0 Å². The number of anilines is 1. The van der Waals surface area contributed by atoms with Gasteiger partial charge in [0.15, 0.2) is 15.6 Å². The number of pyridine rings is 1. The average molecular weight is 316 g/mol. The van der Waals surface area contributed by atoms with E-state index in [1.54, 1.807) is 24.4 Å². The first-order valence-electron chi connectivity index (χ1n) is 4.75. The molecule has 0 fully saturated rings. The fraction of sp³-hybridized carbons (Fsp3) is 0.0909. The number of aromatic nitrogens is 1. The Morgan fingerprint density at radius 3 is 2.94 bits per heavy atom. The fourth-order valence-corrected chi connectivity index (χ4v) is 1.72. The van der Waals surface area contributed by atoms with Crippen molar-refractivity contribution in [3.05, 3.63) is 45.5 Å². The number of halogens is 2. The van der Waals surface area contributed by atoms with Crippen molar-refractivity contribution in [2.75, 3.05) is 5.32 Å². The molecule has 2 aromatic rings. The maximum absolute atomic E-state index is 11.8.